The summed E-state index contributed by atoms with van der Waals surface area (Å²) in [6.45, 7) is 5.90. The first-order valence-corrected chi connectivity index (χ1v) is 4.90. The number of hydrogen-bond acceptors (Lipinski definition) is 2. The van der Waals surface area contributed by atoms with Gasteiger partial charge < -0.3 is 14.6 Å². The maximum Gasteiger partial charge on any atom is 0.0746 e. The zero-order valence-electron chi connectivity index (χ0n) is 9.50. The molecule has 1 aromatic heterocycles. The first-order chi connectivity index (χ1) is 6.53. The van der Waals surface area contributed by atoms with E-state index in [9.17, 15) is 0 Å². The Morgan fingerprint density at radius 3 is 2.71 bits per heavy atom. The van der Waals surface area contributed by atoms with E-state index >= 15 is 0 Å². The molecular formula is C11H20N2O. The molecule has 1 rings (SSSR count). The highest BCUT2D eigenvalue weighted by Crippen LogP contribution is 2.05. The number of methoxy groups -OCH3 is 1. The van der Waals surface area contributed by atoms with E-state index in [2.05, 4.69) is 42.2 Å². The number of ether oxygens (including phenoxy) is 1. The molecule has 0 saturated carbocycles. The van der Waals surface area contributed by atoms with Gasteiger partial charge in [0.05, 0.1) is 5.60 Å². The Bertz CT molecular complexity index is 279. The third-order valence-electron chi connectivity index (χ3n) is 2.33. The van der Waals surface area contributed by atoms with Crippen molar-refractivity contribution < 1.29 is 4.74 Å². The predicted octanol–water partition coefficient (Wildman–Crippen LogP) is 1.54. The second-order valence-corrected chi connectivity index (χ2v) is 4.25. The van der Waals surface area contributed by atoms with Gasteiger partial charge >= 0.3 is 0 Å². The van der Waals surface area contributed by atoms with E-state index in [-0.39, 0.29) is 5.60 Å². The van der Waals surface area contributed by atoms with Gasteiger partial charge in [-0.05, 0) is 25.5 Å². The predicted molar refractivity (Wildman–Crippen MR) is 58.2 cm³/mol. The van der Waals surface area contributed by atoms with Crippen molar-refractivity contribution in [1.29, 1.82) is 0 Å². The summed E-state index contributed by atoms with van der Waals surface area (Å²) in [6, 6.07) is 2.12. The minimum atomic E-state index is -0.0885. The Balaban J connectivity index is 2.28. The molecule has 0 bridgehead atoms. The fourth-order valence-electron chi connectivity index (χ4n) is 1.25. The van der Waals surface area contributed by atoms with Crippen molar-refractivity contribution in [3.05, 3.63) is 24.0 Å². The minimum absolute atomic E-state index is 0.0885. The average Bonchev–Trinajstić information content (AvgIpc) is 2.51. The van der Waals surface area contributed by atoms with E-state index < -0.39 is 0 Å². The third-order valence-corrected chi connectivity index (χ3v) is 2.33. The van der Waals surface area contributed by atoms with Gasteiger partial charge in [0.25, 0.3) is 0 Å². The summed E-state index contributed by atoms with van der Waals surface area (Å²) in [4.78, 5) is 0. The van der Waals surface area contributed by atoms with Gasteiger partial charge in [0.2, 0.25) is 0 Å². The Kier molecular flexibility index (Phi) is 3.72. The monoisotopic (exact) mass is 196 g/mol. The van der Waals surface area contributed by atoms with Gasteiger partial charge in [-0.15, -0.1) is 0 Å². The lowest BCUT2D eigenvalue weighted by Gasteiger charge is -2.23. The van der Waals surface area contributed by atoms with Crippen LogP contribution in [0.2, 0.25) is 0 Å². The van der Waals surface area contributed by atoms with Gasteiger partial charge in [-0.1, -0.05) is 0 Å². The molecule has 0 unspecified atom stereocenters. The van der Waals surface area contributed by atoms with Crippen molar-refractivity contribution in [3.8, 4) is 0 Å². The lowest BCUT2D eigenvalue weighted by atomic mass is 10.1. The van der Waals surface area contributed by atoms with Crippen molar-refractivity contribution in [2.75, 3.05) is 13.7 Å². The van der Waals surface area contributed by atoms with E-state index in [0.29, 0.717) is 0 Å². The van der Waals surface area contributed by atoms with Crippen LogP contribution in [0, 0.1) is 0 Å². The first kappa shape index (κ1) is 11.3. The van der Waals surface area contributed by atoms with E-state index in [4.69, 9.17) is 4.74 Å². The van der Waals surface area contributed by atoms with Crippen molar-refractivity contribution in [2.45, 2.75) is 26.0 Å². The Labute approximate surface area is 86.1 Å². The molecule has 0 saturated heterocycles. The Morgan fingerprint density at radius 1 is 1.50 bits per heavy atom. The summed E-state index contributed by atoms with van der Waals surface area (Å²) in [6.07, 6.45) is 4.17. The molecule has 3 heteroatoms. The molecule has 0 atom stereocenters. The lowest BCUT2D eigenvalue weighted by Crippen LogP contribution is -2.36. The number of aromatic nitrogens is 1. The molecule has 1 aromatic rings. The van der Waals surface area contributed by atoms with Crippen LogP contribution in [0.3, 0.4) is 0 Å². The average molecular weight is 196 g/mol. The second-order valence-electron chi connectivity index (χ2n) is 4.25. The molecule has 1 N–H and O–H groups in total. The maximum atomic E-state index is 5.31. The van der Waals surface area contributed by atoms with Crippen LogP contribution >= 0.6 is 0 Å². The number of aryl methyl sites for hydroxylation is 1. The zero-order chi connectivity index (χ0) is 10.6. The molecule has 80 valence electrons. The fourth-order valence-corrected chi connectivity index (χ4v) is 1.25. The standard InChI is InChI=1S/C11H20N2O/c1-11(2,14-4)9-12-7-10-5-6-13(3)8-10/h5-6,8,12H,7,9H2,1-4H3. The van der Waals surface area contributed by atoms with Crippen molar-refractivity contribution in [1.82, 2.24) is 9.88 Å². The fraction of sp³-hybridized carbons (Fsp3) is 0.636. The van der Waals surface area contributed by atoms with Gasteiger partial charge in [-0.25, -0.2) is 0 Å². The second kappa shape index (κ2) is 4.62. The number of hydrogen-bond donors (Lipinski definition) is 1. The molecule has 3 nitrogen and oxygen atoms in total. The summed E-state index contributed by atoms with van der Waals surface area (Å²) < 4.78 is 7.37. The van der Waals surface area contributed by atoms with Crippen LogP contribution in [-0.2, 0) is 18.3 Å². The molecule has 0 amide bonds. The van der Waals surface area contributed by atoms with Gasteiger partial charge in [-0.3, -0.25) is 0 Å². The Morgan fingerprint density at radius 2 is 2.21 bits per heavy atom. The number of nitrogens with zero attached hydrogens (tertiary/aromatic N) is 1. The SMILES string of the molecule is COC(C)(C)CNCc1ccn(C)c1. The molecule has 0 fully saturated rings. The molecule has 0 aliphatic carbocycles. The Hall–Kier alpha value is -0.800. The lowest BCUT2D eigenvalue weighted by molar-refractivity contribution is 0.0231. The van der Waals surface area contributed by atoms with Gasteiger partial charge in [-0.2, -0.15) is 0 Å². The van der Waals surface area contributed by atoms with Crippen molar-refractivity contribution >= 4 is 0 Å². The topological polar surface area (TPSA) is 26.2 Å². The van der Waals surface area contributed by atoms with E-state index in [1.165, 1.54) is 5.56 Å². The third kappa shape index (κ3) is 3.52. The summed E-state index contributed by atoms with van der Waals surface area (Å²) in [7, 11) is 3.77. The van der Waals surface area contributed by atoms with E-state index in [1.807, 2.05) is 7.05 Å². The van der Waals surface area contributed by atoms with Crippen molar-refractivity contribution in [3.63, 3.8) is 0 Å². The summed E-state index contributed by atoms with van der Waals surface area (Å²) in [5, 5.41) is 3.37. The summed E-state index contributed by atoms with van der Waals surface area (Å²) in [5.41, 5.74) is 1.22. The highest BCUT2D eigenvalue weighted by molar-refractivity contribution is 5.09. The maximum absolute atomic E-state index is 5.31. The highest BCUT2D eigenvalue weighted by Gasteiger charge is 2.14. The molecule has 0 aliphatic heterocycles. The molecular weight excluding hydrogens is 176 g/mol. The normalized spacial score (nSPS) is 12.0. The van der Waals surface area contributed by atoms with Gasteiger partial charge in [0.1, 0.15) is 0 Å². The van der Waals surface area contributed by atoms with Crippen LogP contribution in [-0.4, -0.2) is 23.8 Å². The molecule has 0 aromatic carbocycles. The summed E-state index contributed by atoms with van der Waals surface area (Å²) in [5.74, 6) is 0. The molecule has 0 radical (unpaired) electrons. The first-order valence-electron chi connectivity index (χ1n) is 4.90. The van der Waals surface area contributed by atoms with Crippen LogP contribution < -0.4 is 5.32 Å². The molecule has 14 heavy (non-hydrogen) atoms. The largest absolute Gasteiger partial charge is 0.377 e. The molecule has 1 heterocycles. The van der Waals surface area contributed by atoms with Crippen molar-refractivity contribution in [2.24, 2.45) is 7.05 Å². The number of nitrogens with one attached hydrogen (secondary N) is 1. The highest BCUT2D eigenvalue weighted by atomic mass is 16.5. The zero-order valence-corrected chi connectivity index (χ0v) is 9.50. The van der Waals surface area contributed by atoms with E-state index in [0.717, 1.165) is 13.1 Å². The van der Waals surface area contributed by atoms with Crippen LogP contribution in [0.4, 0.5) is 0 Å². The quantitative estimate of drug-likeness (QED) is 0.773. The summed E-state index contributed by atoms with van der Waals surface area (Å²) >= 11 is 0. The van der Waals surface area contributed by atoms with Crippen LogP contribution in [0.25, 0.3) is 0 Å². The molecule has 0 spiro atoms. The van der Waals surface area contributed by atoms with Crippen LogP contribution in [0.5, 0.6) is 0 Å². The minimum Gasteiger partial charge on any atom is -0.377 e. The molecule has 0 aliphatic rings. The van der Waals surface area contributed by atoms with Gasteiger partial charge in [0, 0.05) is 39.6 Å². The van der Waals surface area contributed by atoms with Crippen LogP contribution in [0.15, 0.2) is 18.5 Å². The van der Waals surface area contributed by atoms with Gasteiger partial charge in [0.15, 0.2) is 0 Å². The smallest absolute Gasteiger partial charge is 0.0746 e. The van der Waals surface area contributed by atoms with Crippen LogP contribution in [0.1, 0.15) is 19.4 Å². The number of rotatable bonds is 5. The van der Waals surface area contributed by atoms with E-state index in [1.54, 1.807) is 7.11 Å².